The molecule has 3 aromatic rings. The highest BCUT2D eigenvalue weighted by atomic mass is 35.5. The predicted octanol–water partition coefficient (Wildman–Crippen LogP) is 4.85. The quantitative estimate of drug-likeness (QED) is 0.480. The summed E-state index contributed by atoms with van der Waals surface area (Å²) in [6.45, 7) is 5.63. The molecule has 0 bridgehead atoms. The molecule has 0 aliphatic heterocycles. The summed E-state index contributed by atoms with van der Waals surface area (Å²) in [6.07, 6.45) is 0.782. The Morgan fingerprint density at radius 3 is 2.60 bits per heavy atom. The molecule has 1 heterocycles. The van der Waals surface area contributed by atoms with Crippen LogP contribution in [0.5, 0.6) is 5.75 Å². The van der Waals surface area contributed by atoms with E-state index in [4.69, 9.17) is 16.3 Å². The zero-order valence-corrected chi connectivity index (χ0v) is 18.3. The molecule has 6 heteroatoms. The van der Waals surface area contributed by atoms with E-state index in [1.807, 2.05) is 62.4 Å². The van der Waals surface area contributed by atoms with Gasteiger partial charge in [0.25, 0.3) is 0 Å². The average molecular weight is 427 g/mol. The van der Waals surface area contributed by atoms with E-state index in [1.165, 1.54) is 0 Å². The van der Waals surface area contributed by atoms with E-state index in [-0.39, 0.29) is 0 Å². The molecule has 2 aromatic carbocycles. The van der Waals surface area contributed by atoms with Crippen LogP contribution in [-0.4, -0.2) is 29.3 Å². The van der Waals surface area contributed by atoms with Crippen LogP contribution in [0.3, 0.4) is 0 Å². The van der Waals surface area contributed by atoms with Crippen LogP contribution < -0.4 is 10.1 Å². The number of benzene rings is 2. The molecule has 158 valence electrons. The van der Waals surface area contributed by atoms with Crippen molar-refractivity contribution in [2.45, 2.75) is 33.4 Å². The van der Waals surface area contributed by atoms with Gasteiger partial charge < -0.3 is 19.7 Å². The van der Waals surface area contributed by atoms with Crippen molar-refractivity contribution in [2.24, 2.45) is 0 Å². The number of hydrogen-bond donors (Lipinski definition) is 2. The monoisotopic (exact) mass is 426 g/mol. The van der Waals surface area contributed by atoms with E-state index in [0.29, 0.717) is 25.2 Å². The molecule has 0 aliphatic rings. The molecular weight excluding hydrogens is 400 g/mol. The van der Waals surface area contributed by atoms with Gasteiger partial charge in [0, 0.05) is 35.1 Å². The lowest BCUT2D eigenvalue weighted by molar-refractivity contribution is 0.0694. The second kappa shape index (κ2) is 9.83. The first kappa shape index (κ1) is 21.9. The van der Waals surface area contributed by atoms with Gasteiger partial charge in [0.2, 0.25) is 0 Å². The van der Waals surface area contributed by atoms with E-state index in [2.05, 4.69) is 9.88 Å². The summed E-state index contributed by atoms with van der Waals surface area (Å²) in [4.78, 5) is 12.0. The van der Waals surface area contributed by atoms with Gasteiger partial charge in [0.15, 0.2) is 0 Å². The van der Waals surface area contributed by atoms with Crippen LogP contribution in [0.2, 0.25) is 5.02 Å². The number of nitrogens with one attached hydrogen (secondary N) is 1. The van der Waals surface area contributed by atoms with Gasteiger partial charge in [-0.3, -0.25) is 0 Å². The van der Waals surface area contributed by atoms with Gasteiger partial charge >= 0.3 is 5.97 Å². The molecule has 0 saturated heterocycles. The molecule has 0 spiro atoms. The van der Waals surface area contributed by atoms with Gasteiger partial charge in [-0.05, 0) is 56.1 Å². The summed E-state index contributed by atoms with van der Waals surface area (Å²) in [5.74, 6) is -0.113. The number of halogens is 1. The number of hydrogen-bond acceptors (Lipinski definition) is 3. The summed E-state index contributed by atoms with van der Waals surface area (Å²) < 4.78 is 7.37. The fourth-order valence-electron chi connectivity index (χ4n) is 3.78. The van der Waals surface area contributed by atoms with Crippen molar-refractivity contribution >= 4 is 17.6 Å². The Bertz CT molecular complexity index is 1040. The molecule has 30 heavy (non-hydrogen) atoms. The lowest BCUT2D eigenvalue weighted by atomic mass is 10.1. The number of aromatic nitrogens is 1. The Hall–Kier alpha value is -2.76. The summed E-state index contributed by atoms with van der Waals surface area (Å²) >= 11 is 6.22. The molecule has 0 fully saturated rings. The molecule has 1 aromatic heterocycles. The Balaban J connectivity index is 1.77. The van der Waals surface area contributed by atoms with Crippen molar-refractivity contribution < 1.29 is 14.6 Å². The van der Waals surface area contributed by atoms with Gasteiger partial charge in [-0.25, -0.2) is 4.79 Å². The van der Waals surface area contributed by atoms with Crippen molar-refractivity contribution in [3.05, 3.63) is 87.2 Å². The zero-order valence-electron chi connectivity index (χ0n) is 17.5. The first-order valence-electron chi connectivity index (χ1n) is 9.91. The Morgan fingerprint density at radius 1 is 1.13 bits per heavy atom. The maximum atomic E-state index is 12.0. The van der Waals surface area contributed by atoms with E-state index in [0.717, 1.165) is 45.3 Å². The van der Waals surface area contributed by atoms with Crippen LogP contribution in [0, 0.1) is 13.8 Å². The van der Waals surface area contributed by atoms with Crippen molar-refractivity contribution in [3.63, 3.8) is 0 Å². The Kier molecular flexibility index (Phi) is 7.19. The van der Waals surface area contributed by atoms with Crippen LogP contribution in [0.4, 0.5) is 0 Å². The predicted molar refractivity (Wildman–Crippen MR) is 120 cm³/mol. The fourth-order valence-corrected chi connectivity index (χ4v) is 4.01. The van der Waals surface area contributed by atoms with E-state index in [9.17, 15) is 9.90 Å². The second-order valence-electron chi connectivity index (χ2n) is 7.29. The number of nitrogens with zero attached hydrogens (tertiary/aromatic N) is 1. The molecular formula is C24H27ClN2O3. The van der Waals surface area contributed by atoms with Gasteiger partial charge in [0.1, 0.15) is 5.75 Å². The molecule has 0 radical (unpaired) electrons. The van der Waals surface area contributed by atoms with Crippen molar-refractivity contribution in [1.29, 1.82) is 0 Å². The number of carboxylic acid groups (broad SMARTS) is 1. The molecule has 5 nitrogen and oxygen atoms in total. The Morgan fingerprint density at radius 2 is 1.90 bits per heavy atom. The maximum Gasteiger partial charge on any atom is 0.337 e. The highest BCUT2D eigenvalue weighted by Gasteiger charge is 2.22. The number of methoxy groups -OCH3 is 1. The number of rotatable bonds is 9. The summed E-state index contributed by atoms with van der Waals surface area (Å²) in [6, 6.07) is 15.6. The topological polar surface area (TPSA) is 63.5 Å². The third-order valence-electron chi connectivity index (χ3n) is 5.43. The fraction of sp³-hybridized carbons (Fsp3) is 0.292. The zero-order chi connectivity index (χ0) is 21.7. The van der Waals surface area contributed by atoms with Gasteiger partial charge in [0.05, 0.1) is 12.7 Å². The third kappa shape index (κ3) is 4.86. The van der Waals surface area contributed by atoms with Crippen molar-refractivity contribution in [3.8, 4) is 5.75 Å². The number of carboxylic acids is 1. The lowest BCUT2D eigenvalue weighted by Crippen LogP contribution is -2.19. The average Bonchev–Trinajstić information content (AvgIpc) is 2.97. The first-order valence-corrected chi connectivity index (χ1v) is 10.3. The van der Waals surface area contributed by atoms with Gasteiger partial charge in [-0.2, -0.15) is 0 Å². The largest absolute Gasteiger partial charge is 0.497 e. The first-order chi connectivity index (χ1) is 14.4. The van der Waals surface area contributed by atoms with Crippen LogP contribution in [0.25, 0.3) is 0 Å². The standard InChI is InChI=1S/C24H27ClN2O3/c1-16-21(14-26-12-11-19-8-4-5-10-22(19)25)23(24(28)29)17(2)27(16)15-18-7-6-9-20(13-18)30-3/h4-10,13,26H,11-12,14-15H2,1-3H3,(H,28,29). The van der Waals surface area contributed by atoms with Crippen LogP contribution in [0.1, 0.15) is 38.4 Å². The number of carbonyl (C=O) groups is 1. The van der Waals surface area contributed by atoms with Gasteiger partial charge in [-0.15, -0.1) is 0 Å². The molecule has 0 saturated carbocycles. The summed E-state index contributed by atoms with van der Waals surface area (Å²) in [5, 5.41) is 14.0. The third-order valence-corrected chi connectivity index (χ3v) is 5.80. The highest BCUT2D eigenvalue weighted by Crippen LogP contribution is 2.25. The Labute approximate surface area is 182 Å². The van der Waals surface area contributed by atoms with Crippen LogP contribution >= 0.6 is 11.6 Å². The molecule has 0 atom stereocenters. The normalized spacial score (nSPS) is 10.9. The second-order valence-corrected chi connectivity index (χ2v) is 7.69. The molecule has 0 unspecified atom stereocenters. The van der Waals surface area contributed by atoms with Crippen LogP contribution in [-0.2, 0) is 19.5 Å². The van der Waals surface area contributed by atoms with E-state index < -0.39 is 5.97 Å². The van der Waals surface area contributed by atoms with E-state index in [1.54, 1.807) is 7.11 Å². The summed E-state index contributed by atoms with van der Waals surface area (Å²) in [7, 11) is 1.64. The SMILES string of the molecule is COc1cccc(Cn2c(C)c(CNCCc3ccccc3Cl)c(C(=O)O)c2C)c1. The maximum absolute atomic E-state index is 12.0. The molecule has 0 amide bonds. The summed E-state index contributed by atoms with van der Waals surface area (Å²) in [5.41, 5.74) is 5.05. The van der Waals surface area contributed by atoms with Crippen molar-refractivity contribution in [1.82, 2.24) is 9.88 Å². The van der Waals surface area contributed by atoms with Crippen LogP contribution in [0.15, 0.2) is 48.5 Å². The minimum absolute atomic E-state index is 0.376. The lowest BCUT2D eigenvalue weighted by Gasteiger charge is -2.11. The molecule has 2 N–H and O–H groups in total. The number of ether oxygens (including phenoxy) is 1. The minimum Gasteiger partial charge on any atom is -0.497 e. The molecule has 3 rings (SSSR count). The highest BCUT2D eigenvalue weighted by molar-refractivity contribution is 6.31. The number of aromatic carboxylic acids is 1. The van der Waals surface area contributed by atoms with Gasteiger partial charge in [-0.1, -0.05) is 41.9 Å². The van der Waals surface area contributed by atoms with Crippen molar-refractivity contribution in [2.75, 3.05) is 13.7 Å². The molecule has 0 aliphatic carbocycles. The minimum atomic E-state index is -0.900. The van der Waals surface area contributed by atoms with E-state index >= 15 is 0 Å². The smallest absolute Gasteiger partial charge is 0.337 e.